The standard InChI is InChI=1S/C11H16N4O/c1-7-5-10(16)15-11(12-7)9(6-14(3)4)8(2)13-15/h5,13H,6H2,1-4H3. The van der Waals surface area contributed by atoms with Crippen molar-refractivity contribution in [2.24, 2.45) is 0 Å². The normalized spacial score (nSPS) is 11.6. The first-order chi connectivity index (χ1) is 7.49. The van der Waals surface area contributed by atoms with Gasteiger partial charge in [0.1, 0.15) is 0 Å². The molecule has 0 spiro atoms. The Bertz CT molecular complexity index is 579. The minimum atomic E-state index is -0.0596. The minimum Gasteiger partial charge on any atom is -0.305 e. The summed E-state index contributed by atoms with van der Waals surface area (Å²) in [5, 5.41) is 3.04. The molecule has 86 valence electrons. The molecule has 0 aromatic carbocycles. The number of H-pyrrole nitrogens is 1. The lowest BCUT2D eigenvalue weighted by atomic mass is 10.2. The van der Waals surface area contributed by atoms with Crippen LogP contribution in [0.2, 0.25) is 0 Å². The molecule has 0 amide bonds. The molecular weight excluding hydrogens is 204 g/mol. The van der Waals surface area contributed by atoms with Gasteiger partial charge in [0.15, 0.2) is 5.65 Å². The summed E-state index contributed by atoms with van der Waals surface area (Å²) in [4.78, 5) is 18.2. The molecule has 0 saturated heterocycles. The predicted molar refractivity (Wildman–Crippen MR) is 62.7 cm³/mol. The van der Waals surface area contributed by atoms with Crippen molar-refractivity contribution in [3.63, 3.8) is 0 Å². The molecule has 0 fully saturated rings. The maximum atomic E-state index is 11.7. The smallest absolute Gasteiger partial charge is 0.272 e. The zero-order valence-electron chi connectivity index (χ0n) is 10.0. The molecule has 0 aliphatic heterocycles. The highest BCUT2D eigenvalue weighted by Crippen LogP contribution is 2.13. The number of aromatic nitrogens is 3. The van der Waals surface area contributed by atoms with E-state index in [0.717, 1.165) is 29.1 Å². The Morgan fingerprint density at radius 3 is 2.75 bits per heavy atom. The first kappa shape index (κ1) is 10.9. The molecule has 5 nitrogen and oxygen atoms in total. The Kier molecular flexibility index (Phi) is 2.55. The monoisotopic (exact) mass is 220 g/mol. The van der Waals surface area contributed by atoms with Gasteiger partial charge in [0.2, 0.25) is 0 Å². The topological polar surface area (TPSA) is 53.4 Å². The Balaban J connectivity index is 2.73. The SMILES string of the molecule is Cc1cc(=O)n2[nH]c(C)c(CN(C)C)c2n1. The molecule has 0 bridgehead atoms. The van der Waals surface area contributed by atoms with Crippen molar-refractivity contribution in [1.29, 1.82) is 0 Å². The van der Waals surface area contributed by atoms with Crippen LogP contribution in [-0.2, 0) is 6.54 Å². The molecule has 0 aliphatic carbocycles. The van der Waals surface area contributed by atoms with Gasteiger partial charge in [-0.3, -0.25) is 9.89 Å². The van der Waals surface area contributed by atoms with E-state index < -0.39 is 0 Å². The minimum absolute atomic E-state index is 0.0596. The van der Waals surface area contributed by atoms with Gasteiger partial charge in [-0.15, -0.1) is 0 Å². The van der Waals surface area contributed by atoms with Crippen LogP contribution in [0.25, 0.3) is 5.65 Å². The summed E-state index contributed by atoms with van der Waals surface area (Å²) in [6.45, 7) is 4.57. The second-order valence-electron chi connectivity index (χ2n) is 4.35. The number of rotatable bonds is 2. The first-order valence-corrected chi connectivity index (χ1v) is 5.21. The van der Waals surface area contributed by atoms with Gasteiger partial charge >= 0.3 is 0 Å². The van der Waals surface area contributed by atoms with Gasteiger partial charge in [-0.2, -0.15) is 0 Å². The third-order valence-electron chi connectivity index (χ3n) is 2.52. The second-order valence-corrected chi connectivity index (χ2v) is 4.35. The van der Waals surface area contributed by atoms with Crippen LogP contribution < -0.4 is 5.56 Å². The Morgan fingerprint density at radius 1 is 1.44 bits per heavy atom. The fourth-order valence-corrected chi connectivity index (χ4v) is 1.82. The van der Waals surface area contributed by atoms with Crippen LogP contribution in [-0.4, -0.2) is 33.6 Å². The van der Waals surface area contributed by atoms with E-state index in [0.29, 0.717) is 0 Å². The number of hydrogen-bond acceptors (Lipinski definition) is 3. The number of nitrogens with one attached hydrogen (secondary N) is 1. The van der Waals surface area contributed by atoms with Crippen molar-refractivity contribution in [3.05, 3.63) is 33.4 Å². The van der Waals surface area contributed by atoms with Crippen molar-refractivity contribution in [3.8, 4) is 0 Å². The van der Waals surface area contributed by atoms with Crippen LogP contribution >= 0.6 is 0 Å². The molecule has 0 saturated carbocycles. The van der Waals surface area contributed by atoms with Gasteiger partial charge in [0.25, 0.3) is 5.56 Å². The van der Waals surface area contributed by atoms with E-state index in [-0.39, 0.29) is 5.56 Å². The predicted octanol–water partition coefficient (Wildman–Crippen LogP) is 0.701. The lowest BCUT2D eigenvalue weighted by Crippen LogP contribution is -2.15. The Labute approximate surface area is 93.7 Å². The molecule has 0 atom stereocenters. The summed E-state index contributed by atoms with van der Waals surface area (Å²) in [6, 6.07) is 1.53. The van der Waals surface area contributed by atoms with Crippen molar-refractivity contribution in [1.82, 2.24) is 19.5 Å². The molecule has 5 heteroatoms. The van der Waals surface area contributed by atoms with Gasteiger partial charge in [-0.1, -0.05) is 0 Å². The van der Waals surface area contributed by atoms with Crippen LogP contribution in [0.1, 0.15) is 17.0 Å². The Hall–Kier alpha value is -1.62. The lowest BCUT2D eigenvalue weighted by Gasteiger charge is -2.08. The van der Waals surface area contributed by atoms with Crippen LogP contribution in [0.15, 0.2) is 10.9 Å². The van der Waals surface area contributed by atoms with Crippen LogP contribution in [0.4, 0.5) is 0 Å². The molecule has 0 radical (unpaired) electrons. The molecule has 1 N–H and O–H groups in total. The maximum Gasteiger partial charge on any atom is 0.272 e. The highest BCUT2D eigenvalue weighted by Gasteiger charge is 2.12. The van der Waals surface area contributed by atoms with E-state index in [1.807, 2.05) is 27.9 Å². The zero-order chi connectivity index (χ0) is 11.9. The number of fused-ring (bicyclic) bond motifs is 1. The maximum absolute atomic E-state index is 11.7. The Morgan fingerprint density at radius 2 is 2.12 bits per heavy atom. The summed E-state index contributed by atoms with van der Waals surface area (Å²) in [7, 11) is 3.99. The third-order valence-corrected chi connectivity index (χ3v) is 2.52. The summed E-state index contributed by atoms with van der Waals surface area (Å²) in [5.41, 5.74) is 3.49. The average Bonchev–Trinajstić information content (AvgIpc) is 2.45. The van der Waals surface area contributed by atoms with Crippen LogP contribution in [0.3, 0.4) is 0 Å². The first-order valence-electron chi connectivity index (χ1n) is 5.21. The van der Waals surface area contributed by atoms with Crippen molar-refractivity contribution in [2.45, 2.75) is 20.4 Å². The van der Waals surface area contributed by atoms with Crippen molar-refractivity contribution >= 4 is 5.65 Å². The second kappa shape index (κ2) is 3.75. The molecule has 0 unspecified atom stereocenters. The molecule has 2 aromatic heterocycles. The van der Waals surface area contributed by atoms with E-state index >= 15 is 0 Å². The van der Waals surface area contributed by atoms with Gasteiger partial charge in [-0.25, -0.2) is 9.50 Å². The van der Waals surface area contributed by atoms with E-state index in [4.69, 9.17) is 0 Å². The number of aryl methyl sites for hydroxylation is 2. The molecule has 2 heterocycles. The van der Waals surface area contributed by atoms with Crippen LogP contribution in [0.5, 0.6) is 0 Å². The highest BCUT2D eigenvalue weighted by molar-refractivity contribution is 5.50. The molecule has 0 aliphatic rings. The van der Waals surface area contributed by atoms with Gasteiger partial charge in [-0.05, 0) is 27.9 Å². The molecule has 2 rings (SSSR count). The van der Waals surface area contributed by atoms with Gasteiger partial charge in [0, 0.05) is 29.6 Å². The van der Waals surface area contributed by atoms with Crippen molar-refractivity contribution < 1.29 is 0 Å². The molecule has 2 aromatic rings. The summed E-state index contributed by atoms with van der Waals surface area (Å²) >= 11 is 0. The molecule has 16 heavy (non-hydrogen) atoms. The fourth-order valence-electron chi connectivity index (χ4n) is 1.82. The highest BCUT2D eigenvalue weighted by atomic mass is 16.1. The molecular formula is C11H16N4O. The largest absolute Gasteiger partial charge is 0.305 e. The van der Waals surface area contributed by atoms with E-state index in [2.05, 4.69) is 15.0 Å². The van der Waals surface area contributed by atoms with E-state index in [1.54, 1.807) is 0 Å². The van der Waals surface area contributed by atoms with Gasteiger partial charge in [0.05, 0.1) is 0 Å². The van der Waals surface area contributed by atoms with Crippen molar-refractivity contribution in [2.75, 3.05) is 14.1 Å². The summed E-state index contributed by atoms with van der Waals surface area (Å²) in [5.74, 6) is 0. The van der Waals surface area contributed by atoms with E-state index in [1.165, 1.54) is 10.6 Å². The lowest BCUT2D eigenvalue weighted by molar-refractivity contribution is 0.403. The zero-order valence-corrected chi connectivity index (χ0v) is 10.0. The number of aromatic amines is 1. The van der Waals surface area contributed by atoms with Crippen LogP contribution in [0, 0.1) is 13.8 Å². The number of nitrogens with zero attached hydrogens (tertiary/aromatic N) is 3. The number of hydrogen-bond donors (Lipinski definition) is 1. The average molecular weight is 220 g/mol. The van der Waals surface area contributed by atoms with E-state index in [9.17, 15) is 4.79 Å². The summed E-state index contributed by atoms with van der Waals surface area (Å²) in [6.07, 6.45) is 0. The third kappa shape index (κ3) is 1.74. The quantitative estimate of drug-likeness (QED) is 0.810. The summed E-state index contributed by atoms with van der Waals surface area (Å²) < 4.78 is 1.50. The van der Waals surface area contributed by atoms with Gasteiger partial charge < -0.3 is 4.90 Å². The fraction of sp³-hybridized carbons (Fsp3) is 0.455.